The largest absolute Gasteiger partial charge is 0.378 e. The van der Waals surface area contributed by atoms with Gasteiger partial charge in [0.1, 0.15) is 5.82 Å². The lowest BCUT2D eigenvalue weighted by atomic mass is 10.2. The third kappa shape index (κ3) is 3.77. The molecule has 0 aliphatic carbocycles. The van der Waals surface area contributed by atoms with E-state index in [1.807, 2.05) is 19.1 Å². The molecule has 0 saturated carbocycles. The van der Waals surface area contributed by atoms with Crippen LogP contribution in [-0.4, -0.2) is 37.2 Å². The first-order valence-electron chi connectivity index (χ1n) is 7.75. The molecule has 2 N–H and O–H groups in total. The lowest BCUT2D eigenvalue weighted by Gasteiger charge is -2.29. The van der Waals surface area contributed by atoms with E-state index >= 15 is 0 Å². The molecule has 0 bridgehead atoms. The number of amides is 1. The molecule has 6 nitrogen and oxygen atoms in total. The number of anilines is 2. The van der Waals surface area contributed by atoms with E-state index in [4.69, 9.17) is 16.3 Å². The van der Waals surface area contributed by atoms with Gasteiger partial charge in [-0.3, -0.25) is 15.6 Å². The Labute approximate surface area is 145 Å². The van der Waals surface area contributed by atoms with Gasteiger partial charge in [0.2, 0.25) is 0 Å². The van der Waals surface area contributed by atoms with Gasteiger partial charge in [-0.2, -0.15) is 0 Å². The highest BCUT2D eigenvalue weighted by atomic mass is 35.5. The summed E-state index contributed by atoms with van der Waals surface area (Å²) in [6.45, 7) is 4.64. The molecule has 0 radical (unpaired) electrons. The van der Waals surface area contributed by atoms with Crippen LogP contribution in [0.15, 0.2) is 36.5 Å². The zero-order chi connectivity index (χ0) is 16.9. The predicted molar refractivity (Wildman–Crippen MR) is 94.5 cm³/mol. The van der Waals surface area contributed by atoms with E-state index in [2.05, 4.69) is 20.7 Å². The summed E-state index contributed by atoms with van der Waals surface area (Å²) >= 11 is 6.09. The molecule has 126 valence electrons. The number of hydrogen-bond acceptors (Lipinski definition) is 5. The Hall–Kier alpha value is -2.31. The Kier molecular flexibility index (Phi) is 5.17. The van der Waals surface area contributed by atoms with E-state index in [-0.39, 0.29) is 5.91 Å². The molecular formula is C17H19ClN4O2. The molecule has 24 heavy (non-hydrogen) atoms. The summed E-state index contributed by atoms with van der Waals surface area (Å²) in [7, 11) is 0. The number of carbonyl (C=O) groups excluding carboxylic acids is 1. The highest BCUT2D eigenvalue weighted by Crippen LogP contribution is 2.20. The van der Waals surface area contributed by atoms with Crippen molar-refractivity contribution in [1.29, 1.82) is 0 Å². The summed E-state index contributed by atoms with van der Waals surface area (Å²) < 4.78 is 5.35. The minimum atomic E-state index is -0.249. The number of aromatic nitrogens is 1. The van der Waals surface area contributed by atoms with Crippen LogP contribution in [0.4, 0.5) is 11.5 Å². The molecule has 0 atom stereocenters. The number of hydrogen-bond donors (Lipinski definition) is 2. The van der Waals surface area contributed by atoms with E-state index in [0.29, 0.717) is 29.6 Å². The quantitative estimate of drug-likeness (QED) is 0.833. The maximum Gasteiger partial charge on any atom is 0.273 e. The standard InChI is InChI=1S/C17H19ClN4O2/c1-12-4-5-13(11-15(12)18)20-21-17(23)14-3-2-6-19-16(14)22-7-9-24-10-8-22/h2-6,11,20H,7-10H2,1H3,(H,21,23). The first kappa shape index (κ1) is 16.5. The Morgan fingerprint density at radius 2 is 2.08 bits per heavy atom. The topological polar surface area (TPSA) is 66.5 Å². The van der Waals surface area contributed by atoms with Crippen molar-refractivity contribution >= 4 is 29.0 Å². The fourth-order valence-electron chi connectivity index (χ4n) is 2.47. The maximum atomic E-state index is 12.5. The van der Waals surface area contributed by atoms with Gasteiger partial charge in [0.25, 0.3) is 5.91 Å². The normalized spacial score (nSPS) is 14.3. The molecular weight excluding hydrogens is 328 g/mol. The van der Waals surface area contributed by atoms with Crippen molar-refractivity contribution in [1.82, 2.24) is 10.4 Å². The van der Waals surface area contributed by atoms with Crippen molar-refractivity contribution in [3.05, 3.63) is 52.7 Å². The minimum absolute atomic E-state index is 0.249. The molecule has 1 fully saturated rings. The third-order valence-corrected chi connectivity index (χ3v) is 4.24. The molecule has 1 aromatic carbocycles. The summed E-state index contributed by atoms with van der Waals surface area (Å²) in [6, 6.07) is 9.02. The summed E-state index contributed by atoms with van der Waals surface area (Å²) in [4.78, 5) is 19.0. The molecule has 2 heterocycles. The second-order valence-electron chi connectivity index (χ2n) is 5.52. The van der Waals surface area contributed by atoms with Gasteiger partial charge in [-0.15, -0.1) is 0 Å². The van der Waals surface area contributed by atoms with Crippen LogP contribution in [0.1, 0.15) is 15.9 Å². The molecule has 3 rings (SSSR count). The second kappa shape index (κ2) is 7.51. The average molecular weight is 347 g/mol. The van der Waals surface area contributed by atoms with Gasteiger partial charge in [0.15, 0.2) is 0 Å². The highest BCUT2D eigenvalue weighted by Gasteiger charge is 2.19. The number of aryl methyl sites for hydroxylation is 1. The van der Waals surface area contributed by atoms with Crippen LogP contribution < -0.4 is 15.8 Å². The number of pyridine rings is 1. The van der Waals surface area contributed by atoms with Gasteiger partial charge in [-0.05, 0) is 36.8 Å². The minimum Gasteiger partial charge on any atom is -0.378 e. The van der Waals surface area contributed by atoms with Gasteiger partial charge in [-0.25, -0.2) is 4.98 Å². The van der Waals surface area contributed by atoms with Gasteiger partial charge in [0.05, 0.1) is 24.5 Å². The number of hydrazine groups is 1. The third-order valence-electron chi connectivity index (χ3n) is 3.83. The number of rotatable bonds is 4. The van der Waals surface area contributed by atoms with Crippen molar-refractivity contribution in [2.24, 2.45) is 0 Å². The molecule has 2 aromatic rings. The monoisotopic (exact) mass is 346 g/mol. The van der Waals surface area contributed by atoms with Crippen LogP contribution in [0, 0.1) is 6.92 Å². The zero-order valence-corrected chi connectivity index (χ0v) is 14.1. The van der Waals surface area contributed by atoms with Gasteiger partial charge in [-0.1, -0.05) is 17.7 Å². The van der Waals surface area contributed by atoms with Crippen molar-refractivity contribution in [3.8, 4) is 0 Å². The van der Waals surface area contributed by atoms with Gasteiger partial charge >= 0.3 is 0 Å². The van der Waals surface area contributed by atoms with Gasteiger partial charge < -0.3 is 9.64 Å². The molecule has 1 amide bonds. The SMILES string of the molecule is Cc1ccc(NNC(=O)c2cccnc2N2CCOCC2)cc1Cl. The molecule has 1 aliphatic rings. The number of halogens is 1. The Morgan fingerprint density at radius 3 is 2.83 bits per heavy atom. The van der Waals surface area contributed by atoms with Crippen molar-refractivity contribution < 1.29 is 9.53 Å². The first-order chi connectivity index (χ1) is 11.6. The summed E-state index contributed by atoms with van der Waals surface area (Å²) in [5.41, 5.74) is 7.80. The summed E-state index contributed by atoms with van der Waals surface area (Å²) in [5.74, 6) is 0.420. The Morgan fingerprint density at radius 1 is 1.29 bits per heavy atom. The number of benzene rings is 1. The summed E-state index contributed by atoms with van der Waals surface area (Å²) in [5, 5.41) is 0.643. The van der Waals surface area contributed by atoms with Crippen molar-refractivity contribution in [3.63, 3.8) is 0 Å². The van der Waals surface area contributed by atoms with E-state index in [1.54, 1.807) is 24.4 Å². The number of morpholine rings is 1. The fraction of sp³-hybridized carbons (Fsp3) is 0.294. The lowest BCUT2D eigenvalue weighted by Crippen LogP contribution is -2.39. The first-order valence-corrected chi connectivity index (χ1v) is 8.13. The van der Waals surface area contributed by atoms with Crippen molar-refractivity contribution in [2.75, 3.05) is 36.6 Å². The number of nitrogens with one attached hydrogen (secondary N) is 2. The van der Waals surface area contributed by atoms with Crippen LogP contribution in [0.3, 0.4) is 0 Å². The van der Waals surface area contributed by atoms with E-state index in [1.165, 1.54) is 0 Å². The molecule has 1 saturated heterocycles. The Bertz CT molecular complexity index is 732. The second-order valence-corrected chi connectivity index (χ2v) is 5.92. The smallest absolute Gasteiger partial charge is 0.273 e. The molecule has 7 heteroatoms. The maximum absolute atomic E-state index is 12.5. The van der Waals surface area contributed by atoms with Crippen LogP contribution in [0.5, 0.6) is 0 Å². The number of ether oxygens (including phenoxy) is 1. The number of carbonyl (C=O) groups is 1. The predicted octanol–water partition coefficient (Wildman–Crippen LogP) is 2.64. The Balaban J connectivity index is 1.71. The summed E-state index contributed by atoms with van der Waals surface area (Å²) in [6.07, 6.45) is 1.69. The van der Waals surface area contributed by atoms with Crippen LogP contribution >= 0.6 is 11.6 Å². The van der Waals surface area contributed by atoms with Crippen molar-refractivity contribution in [2.45, 2.75) is 6.92 Å². The van der Waals surface area contributed by atoms with Crippen LogP contribution in [0.25, 0.3) is 0 Å². The zero-order valence-electron chi connectivity index (χ0n) is 13.4. The highest BCUT2D eigenvalue weighted by molar-refractivity contribution is 6.31. The van der Waals surface area contributed by atoms with E-state index in [0.717, 1.165) is 24.3 Å². The van der Waals surface area contributed by atoms with Crippen LogP contribution in [-0.2, 0) is 4.74 Å². The molecule has 0 spiro atoms. The number of nitrogens with zero attached hydrogens (tertiary/aromatic N) is 2. The average Bonchev–Trinajstić information content (AvgIpc) is 2.63. The van der Waals surface area contributed by atoms with E-state index in [9.17, 15) is 4.79 Å². The van der Waals surface area contributed by atoms with Crippen LogP contribution in [0.2, 0.25) is 5.02 Å². The van der Waals surface area contributed by atoms with Gasteiger partial charge in [0, 0.05) is 24.3 Å². The lowest BCUT2D eigenvalue weighted by molar-refractivity contribution is 0.0960. The fourth-order valence-corrected chi connectivity index (χ4v) is 2.65. The van der Waals surface area contributed by atoms with E-state index < -0.39 is 0 Å². The molecule has 1 aromatic heterocycles. The molecule has 0 unspecified atom stereocenters. The molecule has 1 aliphatic heterocycles.